The molecule has 0 saturated heterocycles. The lowest BCUT2D eigenvalue weighted by atomic mass is 10.2. The van der Waals surface area contributed by atoms with Crippen LogP contribution in [-0.4, -0.2) is 15.7 Å². The van der Waals surface area contributed by atoms with Crippen molar-refractivity contribution in [3.8, 4) is 5.75 Å². The molecule has 31 heavy (non-hydrogen) atoms. The summed E-state index contributed by atoms with van der Waals surface area (Å²) in [4.78, 5) is 12.5. The molecule has 2 aromatic carbocycles. The molecule has 0 radical (unpaired) electrons. The number of rotatable bonds is 7. The summed E-state index contributed by atoms with van der Waals surface area (Å²) in [7, 11) is 0. The van der Waals surface area contributed by atoms with Crippen molar-refractivity contribution in [2.75, 3.05) is 5.32 Å². The van der Waals surface area contributed by atoms with Gasteiger partial charge in [0.1, 0.15) is 23.9 Å². The third-order valence-electron chi connectivity index (χ3n) is 4.32. The Morgan fingerprint density at radius 1 is 1.16 bits per heavy atom. The molecule has 0 aliphatic heterocycles. The zero-order chi connectivity index (χ0) is 21.8. The van der Waals surface area contributed by atoms with E-state index in [1.54, 1.807) is 23.0 Å². The highest BCUT2D eigenvalue weighted by molar-refractivity contribution is 9.10. The first-order valence-corrected chi connectivity index (χ1v) is 10.4. The van der Waals surface area contributed by atoms with Crippen molar-refractivity contribution >= 4 is 39.3 Å². The van der Waals surface area contributed by atoms with Gasteiger partial charge < -0.3 is 14.5 Å². The van der Waals surface area contributed by atoms with E-state index in [1.165, 1.54) is 24.3 Å². The largest absolute Gasteiger partial charge is 0.486 e. The Kier molecular flexibility index (Phi) is 6.39. The van der Waals surface area contributed by atoms with Gasteiger partial charge in [0.25, 0.3) is 5.91 Å². The van der Waals surface area contributed by atoms with Gasteiger partial charge in [-0.15, -0.1) is 0 Å². The highest BCUT2D eigenvalue weighted by Gasteiger charge is 2.16. The predicted octanol–water partition coefficient (Wildman–Crippen LogP) is 5.91. The predicted molar refractivity (Wildman–Crippen MR) is 118 cm³/mol. The fourth-order valence-corrected chi connectivity index (χ4v) is 3.41. The van der Waals surface area contributed by atoms with Gasteiger partial charge in [0.05, 0.1) is 11.0 Å². The van der Waals surface area contributed by atoms with Crippen molar-refractivity contribution in [2.45, 2.75) is 13.2 Å². The van der Waals surface area contributed by atoms with Crippen molar-refractivity contribution in [2.24, 2.45) is 0 Å². The van der Waals surface area contributed by atoms with E-state index in [4.69, 9.17) is 20.8 Å². The number of aromatic nitrogens is 2. The van der Waals surface area contributed by atoms with Gasteiger partial charge in [-0.3, -0.25) is 9.48 Å². The van der Waals surface area contributed by atoms with Gasteiger partial charge in [0.15, 0.2) is 11.6 Å². The summed E-state index contributed by atoms with van der Waals surface area (Å²) in [6, 6.07) is 16.3. The van der Waals surface area contributed by atoms with Crippen LogP contribution in [0.4, 0.5) is 10.2 Å². The Labute approximate surface area is 190 Å². The molecule has 0 bridgehead atoms. The first-order chi connectivity index (χ1) is 15.0. The van der Waals surface area contributed by atoms with Crippen LogP contribution in [0.1, 0.15) is 21.9 Å². The number of amides is 1. The molecule has 0 aliphatic carbocycles. The summed E-state index contributed by atoms with van der Waals surface area (Å²) < 4.78 is 26.3. The van der Waals surface area contributed by atoms with Crippen molar-refractivity contribution < 1.29 is 18.3 Å². The molecule has 4 aromatic rings. The van der Waals surface area contributed by atoms with Crippen LogP contribution in [0.25, 0.3) is 0 Å². The SMILES string of the molecule is O=C(Nc1nn(Cc2ccccc2Cl)cc1Br)c1ccc(COc2ccc(F)cc2)o1. The van der Waals surface area contributed by atoms with Gasteiger partial charge in [-0.1, -0.05) is 29.8 Å². The van der Waals surface area contributed by atoms with Gasteiger partial charge in [0, 0.05) is 11.2 Å². The highest BCUT2D eigenvalue weighted by Crippen LogP contribution is 2.23. The number of halogens is 3. The minimum Gasteiger partial charge on any atom is -0.486 e. The van der Waals surface area contributed by atoms with Gasteiger partial charge in [-0.25, -0.2) is 4.39 Å². The molecule has 1 N–H and O–H groups in total. The van der Waals surface area contributed by atoms with Crippen LogP contribution in [-0.2, 0) is 13.2 Å². The second-order valence-corrected chi connectivity index (χ2v) is 7.84. The van der Waals surface area contributed by atoms with Crippen molar-refractivity contribution in [3.63, 3.8) is 0 Å². The lowest BCUT2D eigenvalue weighted by Gasteiger charge is -2.04. The van der Waals surface area contributed by atoms with Crippen LogP contribution in [0.3, 0.4) is 0 Å². The quantitative estimate of drug-likeness (QED) is 0.340. The van der Waals surface area contributed by atoms with Crippen LogP contribution in [0.5, 0.6) is 5.75 Å². The Balaban J connectivity index is 1.38. The van der Waals surface area contributed by atoms with Crippen LogP contribution >= 0.6 is 27.5 Å². The van der Waals surface area contributed by atoms with Crippen LogP contribution in [0.15, 0.2) is 75.8 Å². The van der Waals surface area contributed by atoms with Gasteiger partial charge in [-0.05, 0) is 64.0 Å². The Bertz CT molecular complexity index is 1210. The van der Waals surface area contributed by atoms with E-state index in [9.17, 15) is 9.18 Å². The summed E-state index contributed by atoms with van der Waals surface area (Å²) in [5.41, 5.74) is 0.911. The number of carbonyl (C=O) groups excluding carboxylic acids is 1. The monoisotopic (exact) mass is 503 g/mol. The average molecular weight is 505 g/mol. The van der Waals surface area contributed by atoms with Crippen LogP contribution in [0.2, 0.25) is 5.02 Å². The van der Waals surface area contributed by atoms with Crippen LogP contribution < -0.4 is 10.1 Å². The average Bonchev–Trinajstić information content (AvgIpc) is 3.36. The molecular formula is C22H16BrClFN3O3. The number of hydrogen-bond acceptors (Lipinski definition) is 4. The minimum absolute atomic E-state index is 0.106. The smallest absolute Gasteiger partial charge is 0.292 e. The maximum atomic E-state index is 12.9. The molecule has 0 fully saturated rings. The standard InChI is InChI=1S/C22H16BrClFN3O3/c23-18-12-28(11-14-3-1-2-4-19(14)24)27-21(18)26-22(29)20-10-9-17(31-20)13-30-16-7-5-15(25)6-8-16/h1-10,12H,11,13H2,(H,26,27,29). The molecular weight excluding hydrogens is 489 g/mol. The number of anilines is 1. The Hall–Kier alpha value is -3.10. The Morgan fingerprint density at radius 3 is 2.71 bits per heavy atom. The molecule has 2 heterocycles. The molecule has 0 spiro atoms. The number of nitrogens with one attached hydrogen (secondary N) is 1. The molecule has 0 atom stereocenters. The lowest BCUT2D eigenvalue weighted by molar-refractivity contribution is 0.0992. The molecule has 9 heteroatoms. The van der Waals surface area contributed by atoms with Crippen molar-refractivity contribution in [1.29, 1.82) is 0 Å². The van der Waals surface area contributed by atoms with E-state index in [2.05, 4.69) is 26.3 Å². The van der Waals surface area contributed by atoms with E-state index in [-0.39, 0.29) is 18.2 Å². The van der Waals surface area contributed by atoms with Crippen molar-refractivity contribution in [1.82, 2.24) is 9.78 Å². The second kappa shape index (κ2) is 9.36. The summed E-state index contributed by atoms with van der Waals surface area (Å²) >= 11 is 9.60. The molecule has 6 nitrogen and oxygen atoms in total. The first kappa shape index (κ1) is 21.1. The molecule has 1 amide bonds. The van der Waals surface area contributed by atoms with Crippen molar-refractivity contribution in [3.05, 3.63) is 99.3 Å². The van der Waals surface area contributed by atoms with Gasteiger partial charge in [-0.2, -0.15) is 5.10 Å². The first-order valence-electron chi connectivity index (χ1n) is 9.23. The summed E-state index contributed by atoms with van der Waals surface area (Å²) in [6.07, 6.45) is 1.75. The van der Waals surface area contributed by atoms with E-state index in [0.717, 1.165) is 5.56 Å². The number of nitrogens with zero attached hydrogens (tertiary/aromatic N) is 2. The van der Waals surface area contributed by atoms with Gasteiger partial charge in [0.2, 0.25) is 0 Å². The van der Waals surface area contributed by atoms with Crippen LogP contribution in [0, 0.1) is 5.82 Å². The normalized spacial score (nSPS) is 10.8. The number of hydrogen-bond donors (Lipinski definition) is 1. The lowest BCUT2D eigenvalue weighted by Crippen LogP contribution is -2.12. The fraction of sp³-hybridized carbons (Fsp3) is 0.0909. The molecule has 2 aromatic heterocycles. The van der Waals surface area contributed by atoms with Gasteiger partial charge >= 0.3 is 0 Å². The maximum Gasteiger partial charge on any atom is 0.292 e. The van der Waals surface area contributed by atoms with E-state index < -0.39 is 5.91 Å². The summed E-state index contributed by atoms with van der Waals surface area (Å²) in [6.45, 7) is 0.564. The minimum atomic E-state index is -0.447. The number of furan rings is 1. The third-order valence-corrected chi connectivity index (χ3v) is 5.27. The third kappa shape index (κ3) is 5.34. The summed E-state index contributed by atoms with van der Waals surface area (Å²) in [5, 5.41) is 7.74. The highest BCUT2D eigenvalue weighted by atomic mass is 79.9. The molecule has 0 aliphatic rings. The zero-order valence-electron chi connectivity index (χ0n) is 16.0. The van der Waals surface area contributed by atoms with E-state index in [0.29, 0.717) is 33.4 Å². The second-order valence-electron chi connectivity index (χ2n) is 6.58. The number of carbonyl (C=O) groups is 1. The molecule has 4 rings (SSSR count). The molecule has 0 saturated carbocycles. The molecule has 0 unspecified atom stereocenters. The summed E-state index contributed by atoms with van der Waals surface area (Å²) in [5.74, 6) is 0.638. The number of benzene rings is 2. The Morgan fingerprint density at radius 2 is 1.94 bits per heavy atom. The van der Waals surface area contributed by atoms with E-state index in [1.807, 2.05) is 24.3 Å². The zero-order valence-corrected chi connectivity index (χ0v) is 18.4. The maximum absolute atomic E-state index is 12.9. The topological polar surface area (TPSA) is 69.3 Å². The molecule has 158 valence electrons. The number of ether oxygens (including phenoxy) is 1. The fourth-order valence-electron chi connectivity index (χ4n) is 2.80. The van der Waals surface area contributed by atoms with E-state index >= 15 is 0 Å².